The van der Waals surface area contributed by atoms with E-state index in [1.807, 2.05) is 18.9 Å². The van der Waals surface area contributed by atoms with Crippen LogP contribution >= 0.6 is 0 Å². The second-order valence-electron chi connectivity index (χ2n) is 4.24. The number of sulfone groups is 1. The number of unbranched alkanes of at least 4 members (excludes halogenated alkanes) is 2. The van der Waals surface area contributed by atoms with Crippen LogP contribution in [0.3, 0.4) is 0 Å². The summed E-state index contributed by atoms with van der Waals surface area (Å²) in [7, 11) is -0.899. The fraction of sp³-hybridized carbons (Fsp3) is 1.00. The molecule has 0 fully saturated rings. The maximum atomic E-state index is 11.5. The average molecular weight is 251 g/mol. The first-order valence-electron chi connectivity index (χ1n) is 6.01. The van der Waals surface area contributed by atoms with Crippen molar-refractivity contribution in [2.75, 3.05) is 38.2 Å². The molecule has 5 heteroatoms. The zero-order valence-corrected chi connectivity index (χ0v) is 11.3. The monoisotopic (exact) mass is 251 g/mol. The third-order valence-electron chi connectivity index (χ3n) is 2.50. The Morgan fingerprint density at radius 2 is 1.75 bits per heavy atom. The largest absolute Gasteiger partial charge is 0.396 e. The molecule has 0 saturated heterocycles. The van der Waals surface area contributed by atoms with Gasteiger partial charge in [-0.15, -0.1) is 0 Å². The molecule has 0 aromatic heterocycles. The number of aliphatic hydroxyl groups excluding tert-OH is 1. The Balaban J connectivity index is 3.60. The van der Waals surface area contributed by atoms with Gasteiger partial charge in [0.05, 0.1) is 5.75 Å². The Hall–Kier alpha value is -0.130. The van der Waals surface area contributed by atoms with Crippen LogP contribution < -0.4 is 0 Å². The van der Waals surface area contributed by atoms with Gasteiger partial charge in [0.15, 0.2) is 9.84 Å². The summed E-state index contributed by atoms with van der Waals surface area (Å²) in [6.07, 6.45) is 3.55. The van der Waals surface area contributed by atoms with E-state index < -0.39 is 9.84 Å². The molecule has 0 aliphatic rings. The van der Waals surface area contributed by atoms with Crippen LogP contribution in [-0.4, -0.2) is 56.7 Å². The van der Waals surface area contributed by atoms with Crippen LogP contribution in [-0.2, 0) is 9.84 Å². The Morgan fingerprint density at radius 3 is 2.31 bits per heavy atom. The van der Waals surface area contributed by atoms with Gasteiger partial charge in [0, 0.05) is 18.9 Å². The average Bonchev–Trinajstić information content (AvgIpc) is 2.22. The lowest BCUT2D eigenvalue weighted by Crippen LogP contribution is -2.27. The Bertz CT molecular complexity index is 252. The fourth-order valence-corrected chi connectivity index (χ4v) is 2.91. The highest BCUT2D eigenvalue weighted by molar-refractivity contribution is 7.91. The number of hydrogen-bond donors (Lipinski definition) is 1. The topological polar surface area (TPSA) is 57.6 Å². The minimum absolute atomic E-state index is 0.245. The predicted molar refractivity (Wildman–Crippen MR) is 67.4 cm³/mol. The molecule has 0 radical (unpaired) electrons. The van der Waals surface area contributed by atoms with Crippen molar-refractivity contribution in [3.63, 3.8) is 0 Å². The molecule has 0 unspecified atom stereocenters. The lowest BCUT2D eigenvalue weighted by Gasteiger charge is -2.16. The van der Waals surface area contributed by atoms with Gasteiger partial charge in [0.1, 0.15) is 0 Å². The van der Waals surface area contributed by atoms with Crippen LogP contribution in [0.15, 0.2) is 0 Å². The van der Waals surface area contributed by atoms with Crippen molar-refractivity contribution in [1.29, 1.82) is 0 Å². The summed E-state index contributed by atoms with van der Waals surface area (Å²) in [5.41, 5.74) is 0. The summed E-state index contributed by atoms with van der Waals surface area (Å²) < 4.78 is 22.9. The first kappa shape index (κ1) is 15.9. The summed E-state index contributed by atoms with van der Waals surface area (Å²) in [6, 6.07) is 0. The third-order valence-corrected chi connectivity index (χ3v) is 4.33. The lowest BCUT2D eigenvalue weighted by molar-refractivity contribution is 0.275. The first-order chi connectivity index (χ1) is 7.52. The van der Waals surface area contributed by atoms with E-state index in [4.69, 9.17) is 5.11 Å². The molecule has 0 aromatic carbocycles. The van der Waals surface area contributed by atoms with Crippen LogP contribution in [0.5, 0.6) is 0 Å². The lowest BCUT2D eigenvalue weighted by atomic mass is 10.2. The van der Waals surface area contributed by atoms with Gasteiger partial charge in [-0.2, -0.15) is 0 Å². The maximum Gasteiger partial charge on any atom is 0.151 e. The van der Waals surface area contributed by atoms with Crippen LogP contribution in [0.2, 0.25) is 0 Å². The Kier molecular flexibility index (Phi) is 8.89. The van der Waals surface area contributed by atoms with Gasteiger partial charge in [-0.25, -0.2) is 8.42 Å². The summed E-state index contributed by atoms with van der Waals surface area (Å²) in [5, 5.41) is 8.61. The Labute approximate surface area is 99.6 Å². The van der Waals surface area contributed by atoms with E-state index in [0.29, 0.717) is 18.7 Å². The third kappa shape index (κ3) is 9.12. The molecule has 0 aliphatic carbocycles. The second-order valence-corrected chi connectivity index (χ2v) is 6.54. The molecule has 0 bridgehead atoms. The fourth-order valence-electron chi connectivity index (χ4n) is 1.49. The molecule has 0 rings (SSSR count). The summed E-state index contributed by atoms with van der Waals surface area (Å²) in [5.74, 6) is 0.558. The molecule has 0 heterocycles. The highest BCUT2D eigenvalue weighted by Crippen LogP contribution is 1.99. The van der Waals surface area contributed by atoms with Gasteiger partial charge in [-0.05, 0) is 39.3 Å². The molecular weight excluding hydrogens is 226 g/mol. The molecular formula is C11H25NO3S. The molecule has 0 saturated carbocycles. The van der Waals surface area contributed by atoms with Crippen molar-refractivity contribution >= 4 is 9.84 Å². The number of nitrogens with zero attached hydrogens (tertiary/aromatic N) is 1. The van der Waals surface area contributed by atoms with E-state index in [0.717, 1.165) is 25.8 Å². The zero-order valence-electron chi connectivity index (χ0n) is 10.5. The van der Waals surface area contributed by atoms with Crippen LogP contribution in [0, 0.1) is 0 Å². The van der Waals surface area contributed by atoms with Crippen molar-refractivity contribution in [3.05, 3.63) is 0 Å². The van der Waals surface area contributed by atoms with Crippen LogP contribution in [0.4, 0.5) is 0 Å². The summed E-state index contributed by atoms with van der Waals surface area (Å²) in [4.78, 5) is 2.05. The number of aliphatic hydroxyl groups is 1. The molecule has 0 amide bonds. The number of hydrogen-bond acceptors (Lipinski definition) is 4. The molecule has 0 aromatic rings. The zero-order chi connectivity index (χ0) is 12.4. The summed E-state index contributed by atoms with van der Waals surface area (Å²) in [6.45, 7) is 3.65. The van der Waals surface area contributed by atoms with Gasteiger partial charge < -0.3 is 10.0 Å². The predicted octanol–water partition coefficient (Wildman–Crippen LogP) is 0.906. The highest BCUT2D eigenvalue weighted by Gasteiger charge is 2.10. The van der Waals surface area contributed by atoms with Gasteiger partial charge in [0.2, 0.25) is 0 Å². The van der Waals surface area contributed by atoms with Crippen LogP contribution in [0.1, 0.15) is 32.6 Å². The molecule has 0 spiro atoms. The minimum Gasteiger partial charge on any atom is -0.396 e. The van der Waals surface area contributed by atoms with E-state index in [9.17, 15) is 8.42 Å². The smallest absolute Gasteiger partial charge is 0.151 e. The van der Waals surface area contributed by atoms with E-state index >= 15 is 0 Å². The highest BCUT2D eigenvalue weighted by atomic mass is 32.2. The normalized spacial score (nSPS) is 12.2. The molecule has 16 heavy (non-hydrogen) atoms. The SMILES string of the molecule is CCCS(=O)(=O)CCN(C)CCCCCO. The van der Waals surface area contributed by atoms with E-state index in [2.05, 4.69) is 0 Å². The van der Waals surface area contributed by atoms with Crippen LogP contribution in [0.25, 0.3) is 0 Å². The molecule has 1 N–H and O–H groups in total. The van der Waals surface area contributed by atoms with Gasteiger partial charge in [0.25, 0.3) is 0 Å². The van der Waals surface area contributed by atoms with Gasteiger partial charge >= 0.3 is 0 Å². The quantitative estimate of drug-likeness (QED) is 0.586. The second kappa shape index (κ2) is 8.96. The van der Waals surface area contributed by atoms with Gasteiger partial charge in [-0.3, -0.25) is 0 Å². The standard InChI is InChI=1S/C11H25NO3S/c1-3-10-16(14,15)11-8-12(2)7-5-4-6-9-13/h13H,3-11H2,1-2H3. The van der Waals surface area contributed by atoms with Crippen molar-refractivity contribution in [3.8, 4) is 0 Å². The van der Waals surface area contributed by atoms with Gasteiger partial charge in [-0.1, -0.05) is 6.92 Å². The Morgan fingerprint density at radius 1 is 1.06 bits per heavy atom. The molecule has 4 nitrogen and oxygen atoms in total. The molecule has 0 aliphatic heterocycles. The van der Waals surface area contributed by atoms with E-state index in [1.54, 1.807) is 0 Å². The number of rotatable bonds is 10. The van der Waals surface area contributed by atoms with Crippen molar-refractivity contribution in [2.24, 2.45) is 0 Å². The van der Waals surface area contributed by atoms with E-state index in [1.165, 1.54) is 0 Å². The minimum atomic E-state index is -2.84. The van der Waals surface area contributed by atoms with Crippen molar-refractivity contribution in [2.45, 2.75) is 32.6 Å². The summed E-state index contributed by atoms with van der Waals surface area (Å²) >= 11 is 0. The van der Waals surface area contributed by atoms with E-state index in [-0.39, 0.29) is 12.4 Å². The van der Waals surface area contributed by atoms with Crippen molar-refractivity contribution in [1.82, 2.24) is 4.90 Å². The first-order valence-corrected chi connectivity index (χ1v) is 7.84. The molecule has 0 atom stereocenters. The van der Waals surface area contributed by atoms with Crippen molar-refractivity contribution < 1.29 is 13.5 Å². The molecule has 98 valence electrons. The maximum absolute atomic E-state index is 11.5.